The zero-order valence-corrected chi connectivity index (χ0v) is 20.3. The van der Waals surface area contributed by atoms with E-state index in [9.17, 15) is 13.2 Å². The van der Waals surface area contributed by atoms with Gasteiger partial charge in [-0.2, -0.15) is 0 Å². The van der Waals surface area contributed by atoms with Gasteiger partial charge < -0.3 is 5.32 Å². The molecule has 172 valence electrons. The van der Waals surface area contributed by atoms with E-state index in [-0.39, 0.29) is 27.4 Å². The van der Waals surface area contributed by atoms with Gasteiger partial charge in [-0.05, 0) is 86.6 Å². The minimum Gasteiger partial charge on any atom is -0.346 e. The van der Waals surface area contributed by atoms with Crippen molar-refractivity contribution in [3.63, 3.8) is 0 Å². The number of anilines is 1. The highest BCUT2D eigenvalue weighted by atomic mass is 35.5. The molecule has 1 amide bonds. The van der Waals surface area contributed by atoms with Crippen LogP contribution < -0.4 is 10.0 Å². The fourth-order valence-electron chi connectivity index (χ4n) is 4.07. The van der Waals surface area contributed by atoms with Crippen molar-refractivity contribution in [3.05, 3.63) is 93.5 Å². The number of benzene rings is 3. The van der Waals surface area contributed by atoms with E-state index in [0.29, 0.717) is 5.69 Å². The maximum Gasteiger partial charge on any atom is 0.263 e. The minimum atomic E-state index is -3.97. The van der Waals surface area contributed by atoms with Crippen LogP contribution in [-0.4, -0.2) is 14.3 Å². The number of rotatable bonds is 6. The van der Waals surface area contributed by atoms with Crippen molar-refractivity contribution in [3.8, 4) is 0 Å². The second-order valence-corrected chi connectivity index (χ2v) is 10.6. The first-order valence-corrected chi connectivity index (χ1v) is 12.9. The van der Waals surface area contributed by atoms with Gasteiger partial charge in [0.05, 0.1) is 11.1 Å². The fraction of sp³-hybridized carbons (Fsp3) is 0.269. The Hall–Kier alpha value is -2.83. The summed E-state index contributed by atoms with van der Waals surface area (Å²) in [7, 11) is -3.97. The van der Waals surface area contributed by atoms with E-state index < -0.39 is 10.0 Å². The van der Waals surface area contributed by atoms with Gasteiger partial charge in [-0.15, -0.1) is 0 Å². The first-order chi connectivity index (χ1) is 15.7. The van der Waals surface area contributed by atoms with Crippen molar-refractivity contribution >= 4 is 33.2 Å². The predicted octanol–water partition coefficient (Wildman–Crippen LogP) is 5.82. The van der Waals surface area contributed by atoms with E-state index in [0.717, 1.165) is 24.0 Å². The van der Waals surface area contributed by atoms with Crippen molar-refractivity contribution in [1.29, 1.82) is 0 Å². The van der Waals surface area contributed by atoms with Crippen LogP contribution >= 0.6 is 11.6 Å². The summed E-state index contributed by atoms with van der Waals surface area (Å²) >= 11 is 6.20. The van der Waals surface area contributed by atoms with Crippen molar-refractivity contribution < 1.29 is 13.2 Å². The Bertz CT molecular complexity index is 1290. The van der Waals surface area contributed by atoms with Gasteiger partial charge in [0.2, 0.25) is 0 Å². The third-order valence-electron chi connectivity index (χ3n) is 6.01. The molecular formula is C26H27ClN2O3S. The Morgan fingerprint density at radius 2 is 1.64 bits per heavy atom. The Morgan fingerprint density at radius 1 is 0.939 bits per heavy atom. The third kappa shape index (κ3) is 5.40. The largest absolute Gasteiger partial charge is 0.346 e. The zero-order valence-electron chi connectivity index (χ0n) is 18.7. The van der Waals surface area contributed by atoms with Crippen LogP contribution in [0.2, 0.25) is 5.02 Å². The van der Waals surface area contributed by atoms with Crippen molar-refractivity contribution in [2.45, 2.75) is 50.5 Å². The minimum absolute atomic E-state index is 0.0499. The second kappa shape index (κ2) is 9.57. The Morgan fingerprint density at radius 3 is 2.36 bits per heavy atom. The highest BCUT2D eigenvalue weighted by Gasteiger charge is 2.21. The lowest BCUT2D eigenvalue weighted by Crippen LogP contribution is -2.27. The average Bonchev–Trinajstić information content (AvgIpc) is 2.80. The van der Waals surface area contributed by atoms with Gasteiger partial charge in [-0.3, -0.25) is 9.52 Å². The van der Waals surface area contributed by atoms with Crippen LogP contribution in [0, 0.1) is 6.92 Å². The molecule has 0 bridgehead atoms. The molecule has 3 aromatic carbocycles. The normalized spacial score (nSPS) is 14.3. The molecule has 7 heteroatoms. The standard InChI is InChI=1S/C26H27ClN2O3S/c1-17-7-12-23(13-8-17)29-33(31,32)25-16-22(11-14-24(25)27)26(30)28-18(2)20-10-9-19-5-3-4-6-21(19)15-20/h7-16,18,29H,3-6H2,1-2H3,(H,28,30). The summed E-state index contributed by atoms with van der Waals surface area (Å²) in [4.78, 5) is 12.8. The summed E-state index contributed by atoms with van der Waals surface area (Å²) < 4.78 is 28.4. The van der Waals surface area contributed by atoms with E-state index in [1.165, 1.54) is 42.2 Å². The molecule has 0 saturated carbocycles. The molecule has 1 aliphatic rings. The molecule has 0 fully saturated rings. The number of hydrogen-bond acceptors (Lipinski definition) is 3. The molecular weight excluding hydrogens is 456 g/mol. The maximum atomic E-state index is 12.9. The van der Waals surface area contributed by atoms with Gasteiger partial charge in [0, 0.05) is 11.3 Å². The molecule has 3 aromatic rings. The molecule has 5 nitrogen and oxygen atoms in total. The van der Waals surface area contributed by atoms with Crippen LogP contribution in [0.25, 0.3) is 0 Å². The van der Waals surface area contributed by atoms with Crippen LogP contribution in [0.5, 0.6) is 0 Å². The molecule has 1 unspecified atom stereocenters. The van der Waals surface area contributed by atoms with E-state index in [2.05, 4.69) is 28.2 Å². The topological polar surface area (TPSA) is 75.3 Å². The first kappa shape index (κ1) is 23.3. The molecule has 4 rings (SSSR count). The first-order valence-electron chi connectivity index (χ1n) is 11.0. The lowest BCUT2D eigenvalue weighted by Gasteiger charge is -2.20. The number of halogens is 1. The summed E-state index contributed by atoms with van der Waals surface area (Å²) in [5.41, 5.74) is 5.44. The molecule has 0 saturated heterocycles. The van der Waals surface area contributed by atoms with Gasteiger partial charge >= 0.3 is 0 Å². The quantitative estimate of drug-likeness (QED) is 0.465. The number of hydrogen-bond donors (Lipinski definition) is 2. The maximum absolute atomic E-state index is 12.9. The molecule has 0 heterocycles. The smallest absolute Gasteiger partial charge is 0.263 e. The molecule has 0 radical (unpaired) electrons. The van der Waals surface area contributed by atoms with E-state index in [1.54, 1.807) is 12.1 Å². The third-order valence-corrected chi connectivity index (χ3v) is 7.87. The van der Waals surface area contributed by atoms with E-state index in [4.69, 9.17) is 11.6 Å². The van der Waals surface area contributed by atoms with Gasteiger partial charge in [0.1, 0.15) is 4.90 Å². The van der Waals surface area contributed by atoms with Gasteiger partial charge in [-0.1, -0.05) is 47.5 Å². The molecule has 33 heavy (non-hydrogen) atoms. The average molecular weight is 483 g/mol. The highest BCUT2D eigenvalue weighted by molar-refractivity contribution is 7.92. The number of aryl methyl sites for hydroxylation is 3. The van der Waals surface area contributed by atoms with Crippen molar-refractivity contribution in [2.75, 3.05) is 4.72 Å². The van der Waals surface area contributed by atoms with Crippen LogP contribution in [-0.2, 0) is 22.9 Å². The van der Waals surface area contributed by atoms with E-state index >= 15 is 0 Å². The SMILES string of the molecule is Cc1ccc(NS(=O)(=O)c2cc(C(=O)NC(C)c3ccc4c(c3)CCCC4)ccc2Cl)cc1. The summed E-state index contributed by atoms with van der Waals surface area (Å²) in [6, 6.07) is 17.4. The summed E-state index contributed by atoms with van der Waals surface area (Å²) in [5.74, 6) is -0.358. The summed E-state index contributed by atoms with van der Waals surface area (Å²) in [6.07, 6.45) is 4.58. The van der Waals surface area contributed by atoms with Crippen LogP contribution in [0.1, 0.15) is 58.4 Å². The summed E-state index contributed by atoms with van der Waals surface area (Å²) in [5, 5.41) is 3.03. The number of fused-ring (bicyclic) bond motifs is 1. The molecule has 2 N–H and O–H groups in total. The fourth-order valence-corrected chi connectivity index (χ4v) is 5.65. The van der Waals surface area contributed by atoms with Crippen LogP contribution in [0.3, 0.4) is 0 Å². The molecule has 0 spiro atoms. The van der Waals surface area contributed by atoms with Gasteiger partial charge in [-0.25, -0.2) is 8.42 Å². The number of carbonyl (C=O) groups is 1. The van der Waals surface area contributed by atoms with Gasteiger partial charge in [0.15, 0.2) is 0 Å². The van der Waals surface area contributed by atoms with Crippen molar-refractivity contribution in [1.82, 2.24) is 5.32 Å². The monoisotopic (exact) mass is 482 g/mol. The Labute approximate surface area is 200 Å². The van der Waals surface area contributed by atoms with E-state index in [1.807, 2.05) is 26.0 Å². The molecule has 1 aliphatic carbocycles. The predicted molar refractivity (Wildman–Crippen MR) is 132 cm³/mol. The zero-order chi connectivity index (χ0) is 23.6. The summed E-state index contributed by atoms with van der Waals surface area (Å²) in [6.45, 7) is 3.84. The lowest BCUT2D eigenvalue weighted by molar-refractivity contribution is 0.0939. The van der Waals surface area contributed by atoms with Crippen molar-refractivity contribution in [2.24, 2.45) is 0 Å². The lowest BCUT2D eigenvalue weighted by atomic mass is 9.89. The van der Waals surface area contributed by atoms with Gasteiger partial charge in [0.25, 0.3) is 15.9 Å². The Kier molecular flexibility index (Phi) is 6.77. The number of nitrogens with one attached hydrogen (secondary N) is 2. The molecule has 0 aliphatic heterocycles. The number of amides is 1. The second-order valence-electron chi connectivity index (χ2n) is 8.55. The highest BCUT2D eigenvalue weighted by Crippen LogP contribution is 2.27. The molecule has 1 atom stereocenters. The number of carbonyl (C=O) groups excluding carboxylic acids is 1. The number of sulfonamides is 1. The Balaban J connectivity index is 1.53. The van der Waals surface area contributed by atoms with Crippen LogP contribution in [0.15, 0.2) is 65.6 Å². The van der Waals surface area contributed by atoms with Crippen LogP contribution in [0.4, 0.5) is 5.69 Å². The molecule has 0 aromatic heterocycles.